The van der Waals surface area contributed by atoms with Gasteiger partial charge in [-0.05, 0) is 31.1 Å². The van der Waals surface area contributed by atoms with Crippen molar-refractivity contribution < 1.29 is 14.4 Å². The monoisotopic (exact) mass is 584 g/mol. The smallest absolute Gasteiger partial charge is 0.277 e. The molecular weight excluding hydrogens is 548 g/mol. The number of fused-ring (bicyclic) bond motifs is 2. The molecule has 2 aromatic carbocycles. The second-order valence-electron chi connectivity index (χ2n) is 10.9. The number of nitrogen functional groups attached to an aromatic ring is 1. The first-order valence-electron chi connectivity index (χ1n) is 14.0. The topological polar surface area (TPSA) is 155 Å². The van der Waals surface area contributed by atoms with Gasteiger partial charge < -0.3 is 25.8 Å². The lowest BCUT2D eigenvalue weighted by Gasteiger charge is -2.33. The van der Waals surface area contributed by atoms with Crippen LogP contribution in [0.1, 0.15) is 22.2 Å². The maximum Gasteiger partial charge on any atom is 0.277 e. The number of hydrogen-bond acceptors (Lipinski definition) is 9. The van der Waals surface area contributed by atoms with E-state index >= 15 is 0 Å². The van der Waals surface area contributed by atoms with Crippen LogP contribution in [-0.4, -0.2) is 107 Å². The number of amides is 3. The zero-order valence-electron chi connectivity index (χ0n) is 24.7. The highest BCUT2D eigenvalue weighted by Crippen LogP contribution is 2.30. The molecule has 1 fully saturated rings. The second-order valence-corrected chi connectivity index (χ2v) is 10.9. The van der Waals surface area contributed by atoms with Crippen LogP contribution in [0.15, 0.2) is 54.9 Å². The molecule has 0 saturated carbocycles. The summed E-state index contributed by atoms with van der Waals surface area (Å²) in [6.45, 7) is 2.06. The molecule has 13 heteroatoms. The minimum absolute atomic E-state index is 0.0180. The normalized spacial score (nSPS) is 15.5. The molecule has 1 aliphatic rings. The Balaban J connectivity index is 1.45. The van der Waals surface area contributed by atoms with Gasteiger partial charge in [-0.15, -0.1) is 0 Å². The summed E-state index contributed by atoms with van der Waals surface area (Å²) < 4.78 is 1.60. The largest absolute Gasteiger partial charge is 0.383 e. The predicted molar refractivity (Wildman–Crippen MR) is 165 cm³/mol. The number of hydrogen-bond donors (Lipinski definition) is 3. The minimum atomic E-state index is -0.483. The van der Waals surface area contributed by atoms with Gasteiger partial charge in [0.05, 0.1) is 18.4 Å². The third-order valence-corrected chi connectivity index (χ3v) is 7.33. The quantitative estimate of drug-likeness (QED) is 0.261. The third kappa shape index (κ3) is 6.32. The average Bonchev–Trinajstić information content (AvgIpc) is 3.39. The summed E-state index contributed by atoms with van der Waals surface area (Å²) in [6.07, 6.45) is 4.54. The van der Waals surface area contributed by atoms with E-state index in [1.807, 2.05) is 55.4 Å². The summed E-state index contributed by atoms with van der Waals surface area (Å²) in [4.78, 5) is 52.8. The van der Waals surface area contributed by atoms with Crippen LogP contribution in [0.5, 0.6) is 0 Å². The fraction of sp³-hybridized carbons (Fsp3) is 0.333. The van der Waals surface area contributed by atoms with E-state index in [0.29, 0.717) is 42.9 Å². The van der Waals surface area contributed by atoms with Gasteiger partial charge in [0.15, 0.2) is 11.3 Å². The molecule has 0 bridgehead atoms. The number of nitrogens with two attached hydrogens (primary N) is 1. The lowest BCUT2D eigenvalue weighted by Crippen LogP contribution is -2.50. The van der Waals surface area contributed by atoms with Crippen LogP contribution in [0.4, 0.5) is 11.5 Å². The van der Waals surface area contributed by atoms with Crippen LogP contribution in [0.3, 0.4) is 0 Å². The molecule has 3 amide bonds. The van der Waals surface area contributed by atoms with Gasteiger partial charge in [-0.25, -0.2) is 14.6 Å². The number of anilines is 2. The van der Waals surface area contributed by atoms with Crippen molar-refractivity contribution in [2.75, 3.05) is 65.4 Å². The van der Waals surface area contributed by atoms with Crippen molar-refractivity contribution in [2.45, 2.75) is 12.6 Å². The number of piperazine rings is 1. The number of nitrogens with one attached hydrogen (secondary N) is 2. The van der Waals surface area contributed by atoms with Gasteiger partial charge in [0.25, 0.3) is 5.91 Å². The molecule has 5 rings (SSSR count). The zero-order valence-corrected chi connectivity index (χ0v) is 24.7. The number of aromatic nitrogens is 4. The number of carbonyl (C=O) groups is 3. The Kier molecular flexibility index (Phi) is 8.64. The van der Waals surface area contributed by atoms with Crippen LogP contribution in [0.25, 0.3) is 21.8 Å². The average molecular weight is 585 g/mol. The highest BCUT2D eigenvalue weighted by molar-refractivity contribution is 6.15. The molecule has 1 aliphatic heterocycles. The van der Waals surface area contributed by atoms with Crippen molar-refractivity contribution in [2.24, 2.45) is 0 Å². The highest BCUT2D eigenvalue weighted by Gasteiger charge is 2.29. The molecule has 224 valence electrons. The second kappa shape index (κ2) is 12.5. The van der Waals surface area contributed by atoms with E-state index in [0.717, 1.165) is 16.3 Å². The minimum Gasteiger partial charge on any atom is -0.383 e. The molecule has 3 heterocycles. The highest BCUT2D eigenvalue weighted by atomic mass is 16.2. The summed E-state index contributed by atoms with van der Waals surface area (Å²) in [7, 11) is 7.32. The van der Waals surface area contributed by atoms with Gasteiger partial charge in [-0.1, -0.05) is 36.4 Å². The first-order chi connectivity index (χ1) is 20.6. The molecule has 13 nitrogen and oxygen atoms in total. The molecule has 4 N–H and O–H groups in total. The molecule has 0 aliphatic carbocycles. The van der Waals surface area contributed by atoms with E-state index in [-0.39, 0.29) is 29.7 Å². The molecule has 43 heavy (non-hydrogen) atoms. The Morgan fingerprint density at radius 1 is 1.09 bits per heavy atom. The summed E-state index contributed by atoms with van der Waals surface area (Å²) in [5.41, 5.74) is 8.13. The summed E-state index contributed by atoms with van der Waals surface area (Å²) in [5.74, 6) is -0.475. The molecule has 0 spiro atoms. The molecule has 1 atom stereocenters. The number of benzene rings is 2. The van der Waals surface area contributed by atoms with Crippen LogP contribution in [0, 0.1) is 0 Å². The van der Waals surface area contributed by atoms with E-state index in [2.05, 4.69) is 25.7 Å². The zero-order chi connectivity index (χ0) is 30.7. The van der Waals surface area contributed by atoms with Crippen molar-refractivity contribution in [3.05, 3.63) is 66.1 Å². The van der Waals surface area contributed by atoms with Gasteiger partial charge in [0.1, 0.15) is 18.3 Å². The standard InChI is InChI=1S/C30H36N10O3/c1-37(2)14-7-10-24(41)39-15-13-32-23(17-39)40-29-26(28(31)33-18-34-29)27(36-40)30(43)35-22-12-11-19(16-25(42)38(3)4)20-8-5-6-9-21(20)22/h5-12,18,23,32H,13-17H2,1-4H3,(H,35,43)(H2,31,33,34)/b10-7+/t23-/m1/s1. The van der Waals surface area contributed by atoms with Crippen LogP contribution in [0.2, 0.25) is 0 Å². The number of nitrogens with zero attached hydrogens (tertiary/aromatic N) is 7. The van der Waals surface area contributed by atoms with Crippen molar-refractivity contribution in [3.8, 4) is 0 Å². The Morgan fingerprint density at radius 2 is 1.86 bits per heavy atom. The van der Waals surface area contributed by atoms with Crippen molar-refractivity contribution in [1.82, 2.24) is 39.8 Å². The molecule has 4 aromatic rings. The number of carbonyl (C=O) groups excluding carboxylic acids is 3. The van der Waals surface area contributed by atoms with E-state index < -0.39 is 12.1 Å². The summed E-state index contributed by atoms with van der Waals surface area (Å²) in [6, 6.07) is 11.2. The Hall–Kier alpha value is -4.88. The van der Waals surface area contributed by atoms with E-state index in [9.17, 15) is 14.4 Å². The number of likely N-dealkylation sites (N-methyl/N-ethyl adjacent to an activating group) is 2. The van der Waals surface area contributed by atoms with E-state index in [1.54, 1.807) is 40.7 Å². The Labute approximate surface area is 249 Å². The predicted octanol–water partition coefficient (Wildman–Crippen LogP) is 1.49. The Morgan fingerprint density at radius 3 is 2.60 bits per heavy atom. The van der Waals surface area contributed by atoms with Gasteiger partial charge in [-0.3, -0.25) is 19.7 Å². The van der Waals surface area contributed by atoms with Crippen molar-refractivity contribution >= 4 is 51.0 Å². The molecular formula is C30H36N10O3. The van der Waals surface area contributed by atoms with Crippen molar-refractivity contribution in [3.63, 3.8) is 0 Å². The maximum atomic E-state index is 13.8. The van der Waals surface area contributed by atoms with Gasteiger partial charge in [0.2, 0.25) is 11.8 Å². The first kappa shape index (κ1) is 29.6. The fourth-order valence-corrected chi connectivity index (χ4v) is 5.06. The van der Waals surface area contributed by atoms with Crippen LogP contribution in [-0.2, 0) is 16.0 Å². The van der Waals surface area contributed by atoms with Crippen LogP contribution < -0.4 is 16.4 Å². The van der Waals surface area contributed by atoms with Gasteiger partial charge in [0, 0.05) is 50.9 Å². The molecule has 0 radical (unpaired) electrons. The van der Waals surface area contributed by atoms with Crippen molar-refractivity contribution in [1.29, 1.82) is 0 Å². The summed E-state index contributed by atoms with van der Waals surface area (Å²) in [5, 5.41) is 13.0. The van der Waals surface area contributed by atoms with Gasteiger partial charge >= 0.3 is 0 Å². The lowest BCUT2D eigenvalue weighted by atomic mass is 10.00. The number of rotatable bonds is 8. The molecule has 0 unspecified atom stereocenters. The van der Waals surface area contributed by atoms with Crippen LogP contribution >= 0.6 is 0 Å². The Bertz CT molecular complexity index is 1710. The summed E-state index contributed by atoms with van der Waals surface area (Å²) >= 11 is 0. The maximum absolute atomic E-state index is 13.8. The van der Waals surface area contributed by atoms with E-state index in [4.69, 9.17) is 5.73 Å². The third-order valence-electron chi connectivity index (χ3n) is 7.33. The van der Waals surface area contributed by atoms with E-state index in [1.165, 1.54) is 6.33 Å². The molecule has 1 saturated heterocycles. The fourth-order valence-electron chi connectivity index (χ4n) is 5.06. The lowest BCUT2D eigenvalue weighted by molar-refractivity contribution is -0.128. The SMILES string of the molecule is CN(C)C/C=C/C(=O)N1CCN[C@H](n2nc(C(=O)Nc3ccc(CC(=O)N(C)C)c4ccccc34)c3c(N)ncnc32)C1. The molecule has 2 aromatic heterocycles. The first-order valence-corrected chi connectivity index (χ1v) is 14.0. The van der Waals surface area contributed by atoms with Gasteiger partial charge in [-0.2, -0.15) is 5.10 Å².